The van der Waals surface area contributed by atoms with Gasteiger partial charge in [0.2, 0.25) is 0 Å². The molecule has 4 nitrogen and oxygen atoms in total. The average Bonchev–Trinajstić information content (AvgIpc) is 3.21. The van der Waals surface area contributed by atoms with Crippen molar-refractivity contribution in [1.29, 1.82) is 0 Å². The SMILES string of the molecule is O=C1c2cc(N3c4ccccc4Oc4ccccc43)ncc2-c2cc3cccccc-3c21. The number of anilines is 3. The van der Waals surface area contributed by atoms with E-state index in [2.05, 4.69) is 11.0 Å². The Kier molecular flexibility index (Phi) is 3.39. The Labute approximate surface area is 184 Å². The fraction of sp³-hybridized carbons (Fsp3) is 0. The molecule has 1 aromatic heterocycles. The lowest BCUT2D eigenvalue weighted by molar-refractivity contribution is 0.104. The van der Waals surface area contributed by atoms with Crippen molar-refractivity contribution in [1.82, 2.24) is 4.98 Å². The molecule has 150 valence electrons. The van der Waals surface area contributed by atoms with E-state index < -0.39 is 0 Å². The van der Waals surface area contributed by atoms with Crippen molar-refractivity contribution in [3.05, 3.63) is 108 Å². The van der Waals surface area contributed by atoms with Crippen LogP contribution >= 0.6 is 0 Å². The molecule has 0 N–H and O–H groups in total. The van der Waals surface area contributed by atoms with Gasteiger partial charge in [0.25, 0.3) is 0 Å². The quantitative estimate of drug-likeness (QED) is 0.292. The molecule has 0 bridgehead atoms. The summed E-state index contributed by atoms with van der Waals surface area (Å²) in [5.41, 5.74) is 7.16. The molecule has 7 rings (SSSR count). The molecule has 0 amide bonds. The molecule has 0 saturated heterocycles. The molecule has 3 aliphatic carbocycles. The maximum atomic E-state index is 13.5. The number of aromatic nitrogens is 1. The van der Waals surface area contributed by atoms with Crippen molar-refractivity contribution >= 4 is 23.0 Å². The molecule has 0 unspecified atom stereocenters. The topological polar surface area (TPSA) is 42.4 Å². The number of hydrogen-bond acceptors (Lipinski definition) is 4. The molecule has 4 heteroatoms. The zero-order chi connectivity index (χ0) is 21.2. The maximum absolute atomic E-state index is 13.5. The lowest BCUT2D eigenvalue weighted by Gasteiger charge is -2.32. The van der Waals surface area contributed by atoms with Crippen LogP contribution < -0.4 is 9.64 Å². The molecule has 2 heterocycles. The number of carbonyl (C=O) groups excluding carboxylic acids is 1. The zero-order valence-corrected chi connectivity index (χ0v) is 16.9. The second-order valence-electron chi connectivity index (χ2n) is 8.00. The van der Waals surface area contributed by atoms with E-state index in [0.29, 0.717) is 11.4 Å². The third-order valence-corrected chi connectivity index (χ3v) is 6.22. The van der Waals surface area contributed by atoms with E-state index in [-0.39, 0.29) is 5.78 Å². The summed E-state index contributed by atoms with van der Waals surface area (Å²) >= 11 is 0. The van der Waals surface area contributed by atoms with E-state index >= 15 is 0 Å². The van der Waals surface area contributed by atoms with Gasteiger partial charge in [-0.1, -0.05) is 54.6 Å². The summed E-state index contributed by atoms with van der Waals surface area (Å²) < 4.78 is 6.10. The predicted octanol–water partition coefficient (Wildman–Crippen LogP) is 6.97. The number of nitrogens with zero attached hydrogens (tertiary/aromatic N) is 2. The largest absolute Gasteiger partial charge is 0.453 e. The van der Waals surface area contributed by atoms with E-state index in [1.54, 1.807) is 0 Å². The minimum atomic E-state index is 0.0506. The number of hydrogen-bond donors (Lipinski definition) is 0. The number of pyridine rings is 1. The average molecular weight is 412 g/mol. The second-order valence-corrected chi connectivity index (χ2v) is 8.00. The number of benzene rings is 2. The molecule has 1 aliphatic heterocycles. The highest BCUT2D eigenvalue weighted by atomic mass is 16.5. The highest BCUT2D eigenvalue weighted by Gasteiger charge is 2.34. The number of fused-ring (bicyclic) bond motifs is 7. The van der Waals surface area contributed by atoms with Gasteiger partial charge in [0.1, 0.15) is 5.82 Å². The van der Waals surface area contributed by atoms with Gasteiger partial charge in [0, 0.05) is 22.9 Å². The number of carbonyl (C=O) groups is 1. The summed E-state index contributed by atoms with van der Waals surface area (Å²) in [6.07, 6.45) is 1.83. The van der Waals surface area contributed by atoms with Crippen LogP contribution in [0.5, 0.6) is 11.5 Å². The standard InChI is InChI=1S/C28H16N2O2/c31-28-20-15-26(29-16-21(20)19-14-17-8-2-1-3-9-18(17)27(19)28)30-22-10-4-6-12-24(22)32-25-13-7-5-11-23(25)30/h1-16H. The van der Waals surface area contributed by atoms with Gasteiger partial charge >= 0.3 is 0 Å². The fourth-order valence-corrected chi connectivity index (χ4v) is 4.80. The first-order valence-corrected chi connectivity index (χ1v) is 10.5. The van der Waals surface area contributed by atoms with Crippen molar-refractivity contribution in [3.8, 4) is 33.8 Å². The van der Waals surface area contributed by atoms with E-state index in [9.17, 15) is 4.79 Å². The molecule has 0 spiro atoms. The molecule has 0 radical (unpaired) electrons. The van der Waals surface area contributed by atoms with E-state index in [0.717, 1.165) is 50.7 Å². The Morgan fingerprint density at radius 1 is 0.656 bits per heavy atom. The van der Waals surface area contributed by atoms with Gasteiger partial charge < -0.3 is 4.74 Å². The molecule has 0 atom stereocenters. The van der Waals surface area contributed by atoms with Crippen molar-refractivity contribution in [3.63, 3.8) is 0 Å². The summed E-state index contributed by atoms with van der Waals surface area (Å²) in [5, 5.41) is 0. The number of ketones is 1. The van der Waals surface area contributed by atoms with Gasteiger partial charge in [-0.3, -0.25) is 9.69 Å². The minimum Gasteiger partial charge on any atom is -0.453 e. The van der Waals surface area contributed by atoms with Crippen LogP contribution in [0.3, 0.4) is 0 Å². The zero-order valence-electron chi connectivity index (χ0n) is 16.9. The highest BCUT2D eigenvalue weighted by molar-refractivity contribution is 6.26. The van der Waals surface area contributed by atoms with Gasteiger partial charge in [-0.15, -0.1) is 0 Å². The Bertz CT molecular complexity index is 1490. The Morgan fingerprint density at radius 3 is 2.12 bits per heavy atom. The van der Waals surface area contributed by atoms with Crippen molar-refractivity contribution < 1.29 is 9.53 Å². The van der Waals surface area contributed by atoms with Gasteiger partial charge in [0.15, 0.2) is 17.3 Å². The normalized spacial score (nSPS) is 13.2. The van der Waals surface area contributed by atoms with Crippen LogP contribution in [0, 0.1) is 0 Å². The number of ether oxygens (including phenoxy) is 1. The summed E-state index contributed by atoms with van der Waals surface area (Å²) in [4.78, 5) is 20.4. The van der Waals surface area contributed by atoms with Crippen LogP contribution in [0.1, 0.15) is 15.9 Å². The maximum Gasteiger partial charge on any atom is 0.195 e. The molecule has 0 fully saturated rings. The van der Waals surface area contributed by atoms with Crippen LogP contribution in [0.2, 0.25) is 0 Å². The molecule has 4 aliphatic rings. The molecular weight excluding hydrogens is 396 g/mol. The van der Waals surface area contributed by atoms with Crippen LogP contribution in [0.4, 0.5) is 17.2 Å². The molecule has 2 aromatic carbocycles. The van der Waals surface area contributed by atoms with Crippen LogP contribution in [-0.4, -0.2) is 10.8 Å². The van der Waals surface area contributed by atoms with Gasteiger partial charge in [-0.2, -0.15) is 0 Å². The fourth-order valence-electron chi connectivity index (χ4n) is 4.80. The summed E-state index contributed by atoms with van der Waals surface area (Å²) in [6, 6.07) is 29.8. The Balaban J connectivity index is 1.43. The Hall–Kier alpha value is -4.44. The van der Waals surface area contributed by atoms with Gasteiger partial charge in [-0.25, -0.2) is 4.98 Å². The smallest absolute Gasteiger partial charge is 0.195 e. The lowest BCUT2D eigenvalue weighted by atomic mass is 10.0. The second kappa shape index (κ2) is 6.28. The van der Waals surface area contributed by atoms with E-state index in [1.165, 1.54) is 0 Å². The van der Waals surface area contributed by atoms with Crippen molar-refractivity contribution in [2.75, 3.05) is 4.90 Å². The van der Waals surface area contributed by atoms with Gasteiger partial charge in [-0.05, 0) is 53.1 Å². The summed E-state index contributed by atoms with van der Waals surface area (Å²) in [7, 11) is 0. The first-order chi connectivity index (χ1) is 15.8. The van der Waals surface area contributed by atoms with Crippen molar-refractivity contribution in [2.24, 2.45) is 0 Å². The first kappa shape index (κ1) is 17.3. The van der Waals surface area contributed by atoms with Crippen LogP contribution in [0.25, 0.3) is 22.3 Å². The number of para-hydroxylation sites is 4. The molecular formula is C28H16N2O2. The number of rotatable bonds is 1. The summed E-state index contributed by atoms with van der Waals surface area (Å²) in [6.45, 7) is 0. The first-order valence-electron chi connectivity index (χ1n) is 10.5. The summed E-state index contributed by atoms with van der Waals surface area (Å²) in [5.74, 6) is 2.26. The predicted molar refractivity (Wildman–Crippen MR) is 124 cm³/mol. The Morgan fingerprint density at radius 2 is 1.34 bits per heavy atom. The van der Waals surface area contributed by atoms with Crippen LogP contribution in [0.15, 0.2) is 97.2 Å². The van der Waals surface area contributed by atoms with Crippen LogP contribution in [-0.2, 0) is 0 Å². The third-order valence-electron chi connectivity index (χ3n) is 6.22. The minimum absolute atomic E-state index is 0.0506. The lowest BCUT2D eigenvalue weighted by Crippen LogP contribution is -2.17. The highest BCUT2D eigenvalue weighted by Crippen LogP contribution is 2.51. The third kappa shape index (κ3) is 2.26. The molecule has 0 saturated carbocycles. The van der Waals surface area contributed by atoms with E-state index in [1.807, 2.05) is 91.1 Å². The molecule has 3 aromatic rings. The van der Waals surface area contributed by atoms with Gasteiger partial charge in [0.05, 0.1) is 11.4 Å². The van der Waals surface area contributed by atoms with Crippen molar-refractivity contribution in [2.45, 2.75) is 0 Å². The monoisotopic (exact) mass is 412 g/mol. The van der Waals surface area contributed by atoms with E-state index in [4.69, 9.17) is 9.72 Å². The molecule has 32 heavy (non-hydrogen) atoms.